The molecule has 0 aliphatic carbocycles. The number of amides is 1. The fourth-order valence-electron chi connectivity index (χ4n) is 1.91. The van der Waals surface area contributed by atoms with E-state index in [4.69, 9.17) is 16.0 Å². The molecule has 1 amide bonds. The fraction of sp³-hybridized carbons (Fsp3) is 0.0667. The molecule has 0 unspecified atom stereocenters. The Bertz CT molecular complexity index is 733. The number of aromatic nitrogens is 2. The third kappa shape index (κ3) is 3.14. The van der Waals surface area contributed by atoms with Crippen molar-refractivity contribution in [3.8, 4) is 0 Å². The zero-order chi connectivity index (χ0) is 14.7. The molecule has 0 fully saturated rings. The van der Waals surface area contributed by atoms with Gasteiger partial charge in [0.05, 0.1) is 24.6 Å². The van der Waals surface area contributed by atoms with E-state index in [0.29, 0.717) is 22.9 Å². The Morgan fingerprint density at radius 3 is 2.76 bits per heavy atom. The average molecular weight is 302 g/mol. The summed E-state index contributed by atoms with van der Waals surface area (Å²) in [5.74, 6) is 0.387. The molecular weight excluding hydrogens is 290 g/mol. The molecule has 21 heavy (non-hydrogen) atoms. The van der Waals surface area contributed by atoms with Crippen LogP contribution in [-0.4, -0.2) is 15.7 Å². The molecule has 0 saturated carbocycles. The molecule has 0 aliphatic rings. The summed E-state index contributed by atoms with van der Waals surface area (Å²) in [6, 6.07) is 10.8. The topological polar surface area (TPSA) is 60.1 Å². The second-order valence-corrected chi connectivity index (χ2v) is 4.90. The summed E-state index contributed by atoms with van der Waals surface area (Å²) in [6.07, 6.45) is 4.50. The average Bonchev–Trinajstić information content (AvgIpc) is 3.14. The molecule has 0 spiro atoms. The molecule has 0 radical (unpaired) electrons. The van der Waals surface area contributed by atoms with Gasteiger partial charge in [0.25, 0.3) is 5.91 Å². The van der Waals surface area contributed by atoms with Crippen molar-refractivity contribution in [3.63, 3.8) is 0 Å². The number of carbonyl (C=O) groups is 1. The molecule has 5 nitrogen and oxygen atoms in total. The molecule has 3 aromatic rings. The molecule has 0 atom stereocenters. The summed E-state index contributed by atoms with van der Waals surface area (Å²) in [6.45, 7) is 0.547. The maximum atomic E-state index is 12.0. The minimum Gasteiger partial charge on any atom is -0.472 e. The van der Waals surface area contributed by atoms with E-state index in [0.717, 1.165) is 5.56 Å². The maximum Gasteiger partial charge on any atom is 0.260 e. The van der Waals surface area contributed by atoms with Crippen LogP contribution in [0.15, 0.2) is 59.5 Å². The van der Waals surface area contributed by atoms with Gasteiger partial charge >= 0.3 is 0 Å². The third-order valence-electron chi connectivity index (χ3n) is 2.99. The van der Waals surface area contributed by atoms with E-state index in [1.54, 1.807) is 23.0 Å². The largest absolute Gasteiger partial charge is 0.472 e. The fourth-order valence-corrected chi connectivity index (χ4v) is 2.04. The first kappa shape index (κ1) is 13.5. The lowest BCUT2D eigenvalue weighted by atomic mass is 10.2. The summed E-state index contributed by atoms with van der Waals surface area (Å²) in [4.78, 5) is 12.0. The molecule has 1 N–H and O–H groups in total. The number of furan rings is 1. The number of hydrogen-bond donors (Lipinski definition) is 1. The highest BCUT2D eigenvalue weighted by molar-refractivity contribution is 6.30. The smallest absolute Gasteiger partial charge is 0.260 e. The first-order valence-corrected chi connectivity index (χ1v) is 6.70. The SMILES string of the molecule is O=C(Nc1ccnn1Cc1ccc(Cl)cc1)c1ccoc1. The molecule has 0 saturated heterocycles. The molecule has 0 bridgehead atoms. The molecular formula is C15H12ClN3O2. The lowest BCUT2D eigenvalue weighted by molar-refractivity contribution is 0.102. The van der Waals surface area contributed by atoms with Gasteiger partial charge < -0.3 is 9.73 Å². The summed E-state index contributed by atoms with van der Waals surface area (Å²) >= 11 is 5.86. The van der Waals surface area contributed by atoms with Gasteiger partial charge in [0.1, 0.15) is 12.1 Å². The van der Waals surface area contributed by atoms with Crippen LogP contribution in [0.3, 0.4) is 0 Å². The number of nitrogens with zero attached hydrogens (tertiary/aromatic N) is 2. The van der Waals surface area contributed by atoms with E-state index in [1.807, 2.05) is 24.3 Å². The van der Waals surface area contributed by atoms with Crippen molar-refractivity contribution in [1.29, 1.82) is 0 Å². The molecule has 0 aliphatic heterocycles. The van der Waals surface area contributed by atoms with Gasteiger partial charge in [0.15, 0.2) is 0 Å². The van der Waals surface area contributed by atoms with Gasteiger partial charge in [-0.3, -0.25) is 4.79 Å². The Morgan fingerprint density at radius 1 is 1.24 bits per heavy atom. The number of anilines is 1. The number of carbonyl (C=O) groups excluding carboxylic acids is 1. The first-order valence-electron chi connectivity index (χ1n) is 6.32. The van der Waals surface area contributed by atoms with Crippen molar-refractivity contribution < 1.29 is 9.21 Å². The van der Waals surface area contributed by atoms with Crippen molar-refractivity contribution >= 4 is 23.3 Å². The van der Waals surface area contributed by atoms with E-state index in [-0.39, 0.29) is 5.91 Å². The number of halogens is 1. The summed E-state index contributed by atoms with van der Waals surface area (Å²) in [5.41, 5.74) is 1.51. The van der Waals surface area contributed by atoms with Gasteiger partial charge in [-0.1, -0.05) is 23.7 Å². The maximum absolute atomic E-state index is 12.0. The number of rotatable bonds is 4. The van der Waals surface area contributed by atoms with E-state index in [2.05, 4.69) is 10.4 Å². The Morgan fingerprint density at radius 2 is 2.05 bits per heavy atom. The molecule has 3 rings (SSSR count). The van der Waals surface area contributed by atoms with Crippen molar-refractivity contribution in [1.82, 2.24) is 9.78 Å². The van der Waals surface area contributed by atoms with Gasteiger partial charge in [-0.25, -0.2) is 4.68 Å². The van der Waals surface area contributed by atoms with Crippen molar-refractivity contribution in [3.05, 3.63) is 71.3 Å². The Balaban J connectivity index is 1.75. The minimum atomic E-state index is -0.235. The van der Waals surface area contributed by atoms with Crippen LogP contribution in [0, 0.1) is 0 Å². The highest BCUT2D eigenvalue weighted by Gasteiger charge is 2.10. The zero-order valence-electron chi connectivity index (χ0n) is 11.0. The van der Waals surface area contributed by atoms with E-state index >= 15 is 0 Å². The molecule has 1 aromatic carbocycles. The molecule has 2 heterocycles. The number of nitrogens with one attached hydrogen (secondary N) is 1. The highest BCUT2D eigenvalue weighted by Crippen LogP contribution is 2.14. The highest BCUT2D eigenvalue weighted by atomic mass is 35.5. The van der Waals surface area contributed by atoms with E-state index < -0.39 is 0 Å². The van der Waals surface area contributed by atoms with E-state index in [9.17, 15) is 4.79 Å². The van der Waals surface area contributed by atoms with Crippen LogP contribution in [-0.2, 0) is 6.54 Å². The number of benzene rings is 1. The van der Waals surface area contributed by atoms with Crippen molar-refractivity contribution in [2.45, 2.75) is 6.54 Å². The van der Waals surface area contributed by atoms with Crippen LogP contribution in [0.25, 0.3) is 0 Å². The third-order valence-corrected chi connectivity index (χ3v) is 3.24. The summed E-state index contributed by atoms with van der Waals surface area (Å²) in [5, 5.41) is 7.70. The second-order valence-electron chi connectivity index (χ2n) is 4.47. The predicted octanol–water partition coefficient (Wildman–Crippen LogP) is 3.43. The van der Waals surface area contributed by atoms with Gasteiger partial charge in [0, 0.05) is 11.1 Å². The van der Waals surface area contributed by atoms with Gasteiger partial charge in [-0.15, -0.1) is 0 Å². The van der Waals surface area contributed by atoms with Crippen LogP contribution >= 0.6 is 11.6 Å². The zero-order valence-corrected chi connectivity index (χ0v) is 11.7. The van der Waals surface area contributed by atoms with Gasteiger partial charge in [-0.2, -0.15) is 5.10 Å². The lowest BCUT2D eigenvalue weighted by Gasteiger charge is -2.08. The van der Waals surface area contributed by atoms with Crippen LogP contribution < -0.4 is 5.32 Å². The van der Waals surface area contributed by atoms with Crippen molar-refractivity contribution in [2.24, 2.45) is 0 Å². The van der Waals surface area contributed by atoms with Gasteiger partial charge in [0.2, 0.25) is 0 Å². The summed E-state index contributed by atoms with van der Waals surface area (Å²) in [7, 11) is 0. The van der Waals surface area contributed by atoms with Crippen LogP contribution in [0.4, 0.5) is 5.82 Å². The molecule has 6 heteroatoms. The van der Waals surface area contributed by atoms with Crippen LogP contribution in [0.2, 0.25) is 5.02 Å². The first-order chi connectivity index (χ1) is 10.2. The Hall–Kier alpha value is -2.53. The lowest BCUT2D eigenvalue weighted by Crippen LogP contribution is -2.15. The molecule has 106 valence electrons. The van der Waals surface area contributed by atoms with Crippen LogP contribution in [0.1, 0.15) is 15.9 Å². The minimum absolute atomic E-state index is 0.235. The summed E-state index contributed by atoms with van der Waals surface area (Å²) < 4.78 is 6.61. The van der Waals surface area contributed by atoms with E-state index in [1.165, 1.54) is 12.5 Å². The van der Waals surface area contributed by atoms with Gasteiger partial charge in [-0.05, 0) is 23.8 Å². The Labute approximate surface area is 126 Å². The number of hydrogen-bond acceptors (Lipinski definition) is 3. The molecule has 2 aromatic heterocycles. The normalized spacial score (nSPS) is 10.5. The van der Waals surface area contributed by atoms with Crippen LogP contribution in [0.5, 0.6) is 0 Å². The van der Waals surface area contributed by atoms with Crippen molar-refractivity contribution in [2.75, 3.05) is 5.32 Å². The standard InChI is InChI=1S/C15H12ClN3O2/c16-13-3-1-11(2-4-13)9-19-14(5-7-17-19)18-15(20)12-6-8-21-10-12/h1-8,10H,9H2,(H,18,20). The Kier molecular flexibility index (Phi) is 3.75. The second kappa shape index (κ2) is 5.85. The quantitative estimate of drug-likeness (QED) is 0.803. The monoisotopic (exact) mass is 301 g/mol. The predicted molar refractivity (Wildman–Crippen MR) is 79.4 cm³/mol.